The molecule has 1 unspecified atom stereocenters. The summed E-state index contributed by atoms with van der Waals surface area (Å²) < 4.78 is 60.0. The Morgan fingerprint density at radius 2 is 1.40 bits per heavy atom. The maximum Gasteiger partial charge on any atom is 0.338 e. The highest BCUT2D eigenvalue weighted by Crippen LogP contribution is 2.42. The molecule has 15 nitrogen and oxygen atoms in total. The molecule has 16 heteroatoms. The van der Waals surface area contributed by atoms with Gasteiger partial charge in [0.15, 0.2) is 37.0 Å². The second kappa shape index (κ2) is 18.1. The zero-order valence-corrected chi connectivity index (χ0v) is 30.1. The molecule has 0 aromatic heterocycles. The van der Waals surface area contributed by atoms with Gasteiger partial charge in [-0.2, -0.15) is 0 Å². The maximum atomic E-state index is 13.6. The summed E-state index contributed by atoms with van der Waals surface area (Å²) in [6, 6.07) is 17.5. The molecule has 3 heterocycles. The van der Waals surface area contributed by atoms with Gasteiger partial charge in [-0.1, -0.05) is 55.5 Å². The summed E-state index contributed by atoms with van der Waals surface area (Å²) in [5, 5.41) is 0. The van der Waals surface area contributed by atoms with Gasteiger partial charge in [0.25, 0.3) is 0 Å². The van der Waals surface area contributed by atoms with Gasteiger partial charge in [-0.25, -0.2) is 4.79 Å². The van der Waals surface area contributed by atoms with Crippen molar-refractivity contribution in [2.45, 2.75) is 101 Å². The fourth-order valence-corrected chi connectivity index (χ4v) is 7.08. The minimum Gasteiger partial charge on any atom is -0.462 e. The van der Waals surface area contributed by atoms with E-state index in [2.05, 4.69) is 0 Å². The number of carbonyl (C=O) groups excluding carboxylic acids is 5. The average molecular weight is 747 g/mol. The van der Waals surface area contributed by atoms with Gasteiger partial charge in [-0.3, -0.25) is 19.2 Å². The van der Waals surface area contributed by atoms with Crippen molar-refractivity contribution in [2.24, 2.45) is 0 Å². The molecule has 0 spiro atoms. The first kappa shape index (κ1) is 39.2. The molecule has 0 amide bonds. The topological polar surface area (TPSA) is 178 Å². The first-order valence-electron chi connectivity index (χ1n) is 16.8. The first-order chi connectivity index (χ1) is 24.9. The Kier molecular flexibility index (Phi) is 13.6. The van der Waals surface area contributed by atoms with Gasteiger partial charge < -0.3 is 47.4 Å². The molecular weight excluding hydrogens is 704 g/mol. The van der Waals surface area contributed by atoms with E-state index in [1.165, 1.54) is 11.8 Å². The Balaban J connectivity index is 1.55. The van der Waals surface area contributed by atoms with Crippen molar-refractivity contribution in [1.29, 1.82) is 0 Å². The number of rotatable bonds is 13. The van der Waals surface area contributed by atoms with Crippen molar-refractivity contribution in [3.63, 3.8) is 0 Å². The molecule has 3 aliphatic heterocycles. The number of ether oxygens (including phenoxy) is 10. The van der Waals surface area contributed by atoms with Gasteiger partial charge in [0, 0.05) is 33.3 Å². The van der Waals surface area contributed by atoms with Crippen LogP contribution in [-0.2, 0) is 66.5 Å². The minimum absolute atomic E-state index is 0.0821. The van der Waals surface area contributed by atoms with E-state index >= 15 is 0 Å². The van der Waals surface area contributed by atoms with Crippen molar-refractivity contribution < 1.29 is 71.3 Å². The van der Waals surface area contributed by atoms with Crippen LogP contribution >= 0.6 is 11.8 Å². The number of esters is 5. The summed E-state index contributed by atoms with van der Waals surface area (Å²) in [5.74, 6) is -3.07. The van der Waals surface area contributed by atoms with Gasteiger partial charge in [-0.05, 0) is 17.9 Å². The van der Waals surface area contributed by atoms with Crippen molar-refractivity contribution in [3.8, 4) is 0 Å². The highest BCUT2D eigenvalue weighted by Gasteiger charge is 2.59. The quantitative estimate of drug-likeness (QED) is 0.215. The van der Waals surface area contributed by atoms with Gasteiger partial charge in [0.2, 0.25) is 0 Å². The van der Waals surface area contributed by atoms with Crippen LogP contribution in [0.3, 0.4) is 0 Å². The Morgan fingerprint density at radius 3 is 2.02 bits per heavy atom. The summed E-state index contributed by atoms with van der Waals surface area (Å²) in [5.41, 5.74) is 0.205. The van der Waals surface area contributed by atoms with Crippen molar-refractivity contribution >= 4 is 41.6 Å². The van der Waals surface area contributed by atoms with E-state index in [1.54, 1.807) is 30.3 Å². The van der Waals surface area contributed by atoms with Crippen LogP contribution in [0.15, 0.2) is 60.7 Å². The molecule has 5 rings (SSSR count). The number of thioether (sulfide) groups is 1. The van der Waals surface area contributed by atoms with Crippen molar-refractivity contribution in [3.05, 3.63) is 71.8 Å². The Morgan fingerprint density at radius 1 is 0.750 bits per heavy atom. The zero-order chi connectivity index (χ0) is 37.4. The molecule has 52 heavy (non-hydrogen) atoms. The fourth-order valence-electron chi connectivity index (χ4n) is 6.13. The third-order valence-electron chi connectivity index (χ3n) is 8.18. The normalized spacial score (nSPS) is 30.2. The first-order valence-corrected chi connectivity index (χ1v) is 17.8. The smallest absolute Gasteiger partial charge is 0.338 e. The molecule has 0 bridgehead atoms. The van der Waals surface area contributed by atoms with E-state index < -0.39 is 103 Å². The summed E-state index contributed by atoms with van der Waals surface area (Å²) in [4.78, 5) is 62.4. The molecule has 3 aliphatic rings. The zero-order valence-electron chi connectivity index (χ0n) is 29.3. The lowest BCUT2D eigenvalue weighted by molar-refractivity contribution is -0.342. The highest BCUT2D eigenvalue weighted by atomic mass is 32.2. The number of carbonyl (C=O) groups is 5. The predicted molar refractivity (Wildman–Crippen MR) is 179 cm³/mol. The molecule has 0 saturated carbocycles. The lowest BCUT2D eigenvalue weighted by Crippen LogP contribution is -2.64. The van der Waals surface area contributed by atoms with E-state index in [0.29, 0.717) is 11.3 Å². The van der Waals surface area contributed by atoms with Crippen LogP contribution in [-0.4, -0.2) is 109 Å². The summed E-state index contributed by atoms with van der Waals surface area (Å²) in [6.45, 7) is 6.10. The molecule has 3 fully saturated rings. The Bertz CT molecular complexity index is 1540. The second-order valence-electron chi connectivity index (χ2n) is 12.1. The maximum absolute atomic E-state index is 13.6. The largest absolute Gasteiger partial charge is 0.462 e. The fraction of sp³-hybridized carbons (Fsp3) is 0.528. The monoisotopic (exact) mass is 746 g/mol. The molecule has 0 aliphatic carbocycles. The third-order valence-corrected chi connectivity index (χ3v) is 9.22. The number of benzene rings is 2. The van der Waals surface area contributed by atoms with Crippen molar-refractivity contribution in [1.82, 2.24) is 0 Å². The van der Waals surface area contributed by atoms with E-state index in [-0.39, 0.29) is 12.2 Å². The average Bonchev–Trinajstić information content (AvgIpc) is 3.42. The molecule has 3 saturated heterocycles. The number of hydrogen-bond acceptors (Lipinski definition) is 16. The van der Waals surface area contributed by atoms with Crippen LogP contribution < -0.4 is 0 Å². The molecule has 0 radical (unpaired) electrons. The van der Waals surface area contributed by atoms with Crippen LogP contribution in [0.25, 0.3) is 0 Å². The highest BCUT2D eigenvalue weighted by molar-refractivity contribution is 7.99. The van der Waals surface area contributed by atoms with Crippen LogP contribution in [0.4, 0.5) is 0 Å². The molecule has 2 aromatic rings. The van der Waals surface area contributed by atoms with E-state index in [1.807, 2.05) is 37.3 Å². The van der Waals surface area contributed by atoms with Gasteiger partial charge in [-0.15, -0.1) is 11.8 Å². The lowest BCUT2D eigenvalue weighted by Gasteiger charge is -2.49. The Labute approximate surface area is 304 Å². The summed E-state index contributed by atoms with van der Waals surface area (Å²) >= 11 is 1.36. The Hall–Kier alpha value is -4.06. The van der Waals surface area contributed by atoms with Gasteiger partial charge in [0.05, 0.1) is 12.2 Å². The van der Waals surface area contributed by atoms with E-state index in [0.717, 1.165) is 27.7 Å². The van der Waals surface area contributed by atoms with Crippen LogP contribution in [0, 0.1) is 0 Å². The second-order valence-corrected chi connectivity index (χ2v) is 13.5. The standard InChI is InChI=1S/C36H42O15S/c1-6-52-36-32(48-33(41)23-13-9-7-10-14-23)30(28-26(47-36)18-43-34(49-28)24-15-11-8-12-16-24)51-35-31(46-22(5)40)29(45-21(4)39)27(50-35)25(44-20(3)38)17-42-19(2)37/h7-16,25-32,34-36H,6,17-18H2,1-5H3/t25-,26-,27+,28-,29+,30+,31-,32+,34?,35+,36-/m1/s1. The molecule has 282 valence electrons. The lowest BCUT2D eigenvalue weighted by atomic mass is 9.97. The molecular formula is C36H42O15S. The van der Waals surface area contributed by atoms with Crippen LogP contribution in [0.1, 0.15) is 56.8 Å². The molecule has 0 N–H and O–H groups in total. The van der Waals surface area contributed by atoms with Crippen LogP contribution in [0.5, 0.6) is 0 Å². The minimum atomic E-state index is -1.52. The summed E-state index contributed by atoms with van der Waals surface area (Å²) in [7, 11) is 0. The summed E-state index contributed by atoms with van der Waals surface area (Å²) in [6.07, 6.45) is -11.8. The predicted octanol–water partition coefficient (Wildman–Crippen LogP) is 3.27. The van der Waals surface area contributed by atoms with E-state index in [9.17, 15) is 24.0 Å². The van der Waals surface area contributed by atoms with E-state index in [4.69, 9.17) is 47.4 Å². The van der Waals surface area contributed by atoms with Crippen LogP contribution in [0.2, 0.25) is 0 Å². The number of fused-ring (bicyclic) bond motifs is 1. The molecule has 11 atom stereocenters. The van der Waals surface area contributed by atoms with Gasteiger partial charge >= 0.3 is 29.8 Å². The SMILES string of the molecule is CCS[C@H]1O[C@@H]2COC(c3ccccc3)O[C@H]2[C@H](O[C@@H]2O[C@@H]([C@@H](COC(C)=O)OC(C)=O)[C@H](OC(C)=O)[C@H]2OC(C)=O)[C@@H]1OC(=O)c1ccccc1. The van der Waals surface area contributed by atoms with Gasteiger partial charge in [0.1, 0.15) is 36.5 Å². The molecule has 2 aromatic carbocycles. The third kappa shape index (κ3) is 9.87. The number of hydrogen-bond donors (Lipinski definition) is 0. The van der Waals surface area contributed by atoms with Crippen molar-refractivity contribution in [2.75, 3.05) is 19.0 Å².